The predicted molar refractivity (Wildman–Crippen MR) is 82.3 cm³/mol. The molecule has 0 bridgehead atoms. The molecule has 0 aliphatic heterocycles. The first-order valence-electron chi connectivity index (χ1n) is 6.55. The monoisotopic (exact) mass is 307 g/mol. The van der Waals surface area contributed by atoms with Crippen LogP contribution in [0.5, 0.6) is 0 Å². The summed E-state index contributed by atoms with van der Waals surface area (Å²) < 4.78 is 0. The molecule has 1 aromatic heterocycles. The average Bonchev–Trinajstić information content (AvgIpc) is 2.86. The van der Waals surface area contributed by atoms with Gasteiger partial charge in [0.15, 0.2) is 0 Å². The zero-order chi connectivity index (χ0) is 15.6. The van der Waals surface area contributed by atoms with Gasteiger partial charge in [-0.3, -0.25) is 9.89 Å². The molecule has 0 radical (unpaired) electrons. The summed E-state index contributed by atoms with van der Waals surface area (Å²) in [6.45, 7) is 3.55. The number of carbonyl (C=O) groups excluding carboxylic acids is 1. The molecule has 2 rings (SSSR count). The van der Waals surface area contributed by atoms with Crippen molar-refractivity contribution in [2.24, 2.45) is 0 Å². The van der Waals surface area contributed by atoms with E-state index in [1.54, 1.807) is 39.1 Å². The predicted octanol–water partition coefficient (Wildman–Crippen LogP) is 2.57. The number of hydrogen-bond donors (Lipinski definition) is 2. The Hall–Kier alpha value is -1.85. The number of benzene rings is 1. The Morgan fingerprint density at radius 1 is 1.38 bits per heavy atom. The maximum absolute atomic E-state index is 12.2. The van der Waals surface area contributed by atoms with Crippen molar-refractivity contribution in [3.8, 4) is 11.3 Å². The molecule has 0 atom stereocenters. The molecule has 0 aliphatic carbocycles. The van der Waals surface area contributed by atoms with Gasteiger partial charge in [0.2, 0.25) is 0 Å². The summed E-state index contributed by atoms with van der Waals surface area (Å²) >= 11 is 5.85. The first kappa shape index (κ1) is 15.5. The fraction of sp³-hybridized carbons (Fsp3) is 0.333. The van der Waals surface area contributed by atoms with Gasteiger partial charge < -0.3 is 10.0 Å². The normalized spacial score (nSPS) is 11.5. The average molecular weight is 308 g/mol. The number of nitrogens with zero attached hydrogens (tertiary/aromatic N) is 2. The number of likely N-dealkylation sites (N-methyl/N-ethyl adjacent to an activating group) is 1. The molecule has 5 nitrogen and oxygen atoms in total. The topological polar surface area (TPSA) is 69.2 Å². The van der Waals surface area contributed by atoms with Crippen LogP contribution in [0, 0.1) is 0 Å². The van der Waals surface area contributed by atoms with Crippen LogP contribution in [0.4, 0.5) is 0 Å². The third-order valence-electron chi connectivity index (χ3n) is 2.92. The molecule has 0 aliphatic rings. The lowest BCUT2D eigenvalue weighted by Gasteiger charge is -2.24. The van der Waals surface area contributed by atoms with Crippen LogP contribution in [0.3, 0.4) is 0 Å². The Balaban J connectivity index is 2.16. The van der Waals surface area contributed by atoms with E-state index in [9.17, 15) is 9.90 Å². The Labute approximate surface area is 128 Å². The number of rotatable bonds is 4. The molecular formula is C15H18ClN3O2. The zero-order valence-corrected chi connectivity index (χ0v) is 13.0. The second-order valence-corrected chi connectivity index (χ2v) is 6.08. The van der Waals surface area contributed by atoms with Gasteiger partial charge in [0.25, 0.3) is 5.91 Å². The van der Waals surface area contributed by atoms with Crippen LogP contribution >= 0.6 is 11.6 Å². The van der Waals surface area contributed by atoms with E-state index in [4.69, 9.17) is 11.6 Å². The van der Waals surface area contributed by atoms with E-state index in [1.807, 2.05) is 12.1 Å². The van der Waals surface area contributed by atoms with E-state index in [1.165, 1.54) is 4.90 Å². The minimum atomic E-state index is -0.941. The van der Waals surface area contributed by atoms with E-state index in [0.717, 1.165) is 5.56 Å². The lowest BCUT2D eigenvalue weighted by molar-refractivity contribution is 0.0365. The van der Waals surface area contributed by atoms with Crippen LogP contribution in [-0.4, -0.2) is 45.3 Å². The summed E-state index contributed by atoms with van der Waals surface area (Å²) in [6.07, 6.45) is 0. The summed E-state index contributed by atoms with van der Waals surface area (Å²) in [5.41, 5.74) is 0.988. The smallest absolute Gasteiger partial charge is 0.271 e. The SMILES string of the molecule is CN(CC(C)(C)O)C(=O)c1cc(-c2ccc(Cl)cc2)n[nH]1. The number of hydrogen-bond acceptors (Lipinski definition) is 3. The van der Waals surface area contributed by atoms with Crippen LogP contribution in [0.15, 0.2) is 30.3 Å². The van der Waals surface area contributed by atoms with Crippen LogP contribution < -0.4 is 0 Å². The van der Waals surface area contributed by atoms with Gasteiger partial charge >= 0.3 is 0 Å². The minimum absolute atomic E-state index is 0.218. The first-order chi connectivity index (χ1) is 9.76. The van der Waals surface area contributed by atoms with Crippen molar-refractivity contribution in [3.63, 3.8) is 0 Å². The van der Waals surface area contributed by atoms with E-state index in [2.05, 4.69) is 10.2 Å². The highest BCUT2D eigenvalue weighted by Crippen LogP contribution is 2.20. The van der Waals surface area contributed by atoms with Gasteiger partial charge in [0.05, 0.1) is 11.3 Å². The van der Waals surface area contributed by atoms with Gasteiger partial charge in [-0.2, -0.15) is 5.10 Å². The molecule has 21 heavy (non-hydrogen) atoms. The molecule has 0 saturated heterocycles. The summed E-state index contributed by atoms with van der Waals surface area (Å²) in [6, 6.07) is 8.91. The minimum Gasteiger partial charge on any atom is -0.389 e. The molecule has 1 aromatic carbocycles. The molecule has 112 valence electrons. The molecule has 0 saturated carbocycles. The number of aromatic amines is 1. The van der Waals surface area contributed by atoms with Crippen molar-refractivity contribution < 1.29 is 9.90 Å². The number of nitrogens with one attached hydrogen (secondary N) is 1. The van der Waals surface area contributed by atoms with E-state index in [-0.39, 0.29) is 12.5 Å². The molecule has 2 aromatic rings. The Morgan fingerprint density at radius 3 is 2.57 bits per heavy atom. The molecular weight excluding hydrogens is 290 g/mol. The summed E-state index contributed by atoms with van der Waals surface area (Å²) in [5, 5.41) is 17.3. The van der Waals surface area contributed by atoms with Crippen LogP contribution in [0.1, 0.15) is 24.3 Å². The fourth-order valence-corrected chi connectivity index (χ4v) is 2.18. The fourth-order valence-electron chi connectivity index (χ4n) is 2.06. The molecule has 0 fully saturated rings. The maximum Gasteiger partial charge on any atom is 0.271 e. The number of aromatic nitrogens is 2. The summed E-state index contributed by atoms with van der Waals surface area (Å²) in [7, 11) is 1.64. The number of H-pyrrole nitrogens is 1. The quantitative estimate of drug-likeness (QED) is 0.912. The second-order valence-electron chi connectivity index (χ2n) is 5.65. The summed E-state index contributed by atoms with van der Waals surface area (Å²) in [4.78, 5) is 13.7. The number of amides is 1. The van der Waals surface area contributed by atoms with Gasteiger partial charge in [-0.15, -0.1) is 0 Å². The van der Waals surface area contributed by atoms with Crippen LogP contribution in [0.2, 0.25) is 5.02 Å². The van der Waals surface area contributed by atoms with Gasteiger partial charge in [-0.25, -0.2) is 0 Å². The summed E-state index contributed by atoms with van der Waals surface area (Å²) in [5.74, 6) is -0.218. The highest BCUT2D eigenvalue weighted by molar-refractivity contribution is 6.30. The highest BCUT2D eigenvalue weighted by Gasteiger charge is 2.21. The van der Waals surface area contributed by atoms with Gasteiger partial charge in [0, 0.05) is 24.2 Å². The molecule has 6 heteroatoms. The molecule has 1 amide bonds. The van der Waals surface area contributed by atoms with Gasteiger partial charge in [-0.1, -0.05) is 23.7 Å². The Bertz CT molecular complexity index is 629. The van der Waals surface area contributed by atoms with E-state index < -0.39 is 5.60 Å². The Morgan fingerprint density at radius 2 is 2.00 bits per heavy atom. The number of halogens is 1. The molecule has 1 heterocycles. The largest absolute Gasteiger partial charge is 0.389 e. The third-order valence-corrected chi connectivity index (χ3v) is 3.17. The second kappa shape index (κ2) is 5.87. The standard InChI is InChI=1S/C15H18ClN3O2/c1-15(2,21)9-19(3)14(20)13-8-12(17-18-13)10-4-6-11(16)7-5-10/h4-8,21H,9H2,1-3H3,(H,17,18). The zero-order valence-electron chi connectivity index (χ0n) is 12.2. The number of carbonyl (C=O) groups is 1. The van der Waals surface area contributed by atoms with E-state index >= 15 is 0 Å². The lowest BCUT2D eigenvalue weighted by atomic mass is 10.1. The molecule has 0 unspecified atom stereocenters. The lowest BCUT2D eigenvalue weighted by Crippen LogP contribution is -2.39. The molecule has 2 N–H and O–H groups in total. The van der Waals surface area contributed by atoms with Crippen molar-refractivity contribution in [2.75, 3.05) is 13.6 Å². The van der Waals surface area contributed by atoms with Crippen molar-refractivity contribution in [3.05, 3.63) is 41.0 Å². The van der Waals surface area contributed by atoms with Crippen LogP contribution in [0.25, 0.3) is 11.3 Å². The number of aliphatic hydroxyl groups is 1. The van der Waals surface area contributed by atoms with Gasteiger partial charge in [0.1, 0.15) is 5.69 Å². The first-order valence-corrected chi connectivity index (χ1v) is 6.93. The van der Waals surface area contributed by atoms with Crippen molar-refractivity contribution in [2.45, 2.75) is 19.4 Å². The highest BCUT2D eigenvalue weighted by atomic mass is 35.5. The van der Waals surface area contributed by atoms with Crippen molar-refractivity contribution in [1.82, 2.24) is 15.1 Å². The maximum atomic E-state index is 12.2. The van der Waals surface area contributed by atoms with Crippen molar-refractivity contribution in [1.29, 1.82) is 0 Å². The third kappa shape index (κ3) is 4.06. The Kier molecular flexibility index (Phi) is 4.34. The van der Waals surface area contributed by atoms with Gasteiger partial charge in [-0.05, 0) is 32.0 Å². The van der Waals surface area contributed by atoms with Crippen molar-refractivity contribution >= 4 is 17.5 Å². The van der Waals surface area contributed by atoms with E-state index in [0.29, 0.717) is 16.4 Å². The molecule has 0 spiro atoms. The van der Waals surface area contributed by atoms with Crippen LogP contribution in [-0.2, 0) is 0 Å².